The normalized spacial score (nSPS) is 32.0. The number of nitrogens with zero attached hydrogens (tertiary/aromatic N) is 1. The van der Waals surface area contributed by atoms with E-state index >= 15 is 0 Å². The Labute approximate surface area is 195 Å². The summed E-state index contributed by atoms with van der Waals surface area (Å²) < 4.78 is 5.71. The zero-order valence-electron chi connectivity index (χ0n) is 19.8. The number of hydrogen-bond donors (Lipinski definition) is 2. The van der Waals surface area contributed by atoms with E-state index in [-0.39, 0.29) is 18.1 Å². The van der Waals surface area contributed by atoms with Gasteiger partial charge in [-0.15, -0.1) is 11.3 Å². The lowest BCUT2D eigenvalue weighted by molar-refractivity contribution is -0.151. The average molecular weight is 464 g/mol. The molecular formula is C25H37NO5S. The first-order chi connectivity index (χ1) is 15.1. The van der Waals surface area contributed by atoms with Crippen LogP contribution in [0, 0.1) is 24.7 Å². The molecule has 6 unspecified atom stereocenters. The van der Waals surface area contributed by atoms with Crippen LogP contribution in [0.1, 0.15) is 70.5 Å². The van der Waals surface area contributed by atoms with Gasteiger partial charge in [0.2, 0.25) is 0 Å². The molecule has 1 aliphatic rings. The van der Waals surface area contributed by atoms with Gasteiger partial charge < -0.3 is 14.9 Å². The lowest BCUT2D eigenvalue weighted by Gasteiger charge is -2.28. The molecule has 0 aromatic carbocycles. The predicted octanol–water partition coefficient (Wildman–Crippen LogP) is 4.49. The smallest absolute Gasteiger partial charge is 0.309 e. The highest BCUT2D eigenvalue weighted by atomic mass is 32.1. The number of carbonyl (C=O) groups is 2. The van der Waals surface area contributed by atoms with Gasteiger partial charge in [-0.3, -0.25) is 9.59 Å². The van der Waals surface area contributed by atoms with Crippen LogP contribution in [0.3, 0.4) is 0 Å². The molecule has 0 saturated heterocycles. The summed E-state index contributed by atoms with van der Waals surface area (Å²) in [4.78, 5) is 29.8. The van der Waals surface area contributed by atoms with Gasteiger partial charge in [0.1, 0.15) is 11.9 Å². The molecular weight excluding hydrogens is 426 g/mol. The maximum atomic E-state index is 12.8. The molecule has 0 bridgehead atoms. The number of rotatable bonds is 2. The van der Waals surface area contributed by atoms with Crippen molar-refractivity contribution in [1.29, 1.82) is 0 Å². The number of aromatic nitrogens is 1. The van der Waals surface area contributed by atoms with Crippen molar-refractivity contribution in [3.05, 3.63) is 33.8 Å². The Hall–Kier alpha value is -1.83. The van der Waals surface area contributed by atoms with Crippen molar-refractivity contribution in [1.82, 2.24) is 4.98 Å². The lowest BCUT2D eigenvalue weighted by Crippen LogP contribution is -2.39. The van der Waals surface area contributed by atoms with Crippen LogP contribution >= 0.6 is 11.3 Å². The second kappa shape index (κ2) is 12.4. The van der Waals surface area contributed by atoms with Crippen molar-refractivity contribution >= 4 is 29.2 Å². The molecule has 2 rings (SSSR count). The summed E-state index contributed by atoms with van der Waals surface area (Å²) in [5, 5.41) is 24.0. The average Bonchev–Trinajstić information content (AvgIpc) is 3.16. The molecule has 7 heteroatoms. The first-order valence-electron chi connectivity index (χ1n) is 11.4. The molecule has 0 radical (unpaired) electrons. The Kier molecular flexibility index (Phi) is 10.3. The van der Waals surface area contributed by atoms with Gasteiger partial charge in [0.25, 0.3) is 0 Å². The number of allylic oxidation sites excluding steroid dienone is 1. The summed E-state index contributed by atoms with van der Waals surface area (Å²) in [5.74, 6) is -2.17. The third-order valence-electron chi connectivity index (χ3n) is 6.29. The van der Waals surface area contributed by atoms with E-state index in [9.17, 15) is 19.8 Å². The summed E-state index contributed by atoms with van der Waals surface area (Å²) in [6.45, 7) is 9.10. The molecule has 1 aromatic rings. The standard InChI is InChI=1S/C25H37NO5S/c1-15-10-8-6-7-9-11-22(16(2)12-20-14-32-19(5)26-20)31-23(28)13-21(27)17(3)25(30)18(4)24(15)29/h7,9,12,14-15,17-18,21-22,24,27,29H,6,8,10-11,13H2,1-5H3. The molecule has 0 saturated carbocycles. The second-order valence-electron chi connectivity index (χ2n) is 9.02. The topological polar surface area (TPSA) is 96.7 Å². The maximum absolute atomic E-state index is 12.8. The minimum atomic E-state index is -1.16. The molecule has 6 atom stereocenters. The molecule has 178 valence electrons. The van der Waals surface area contributed by atoms with Crippen molar-refractivity contribution < 1.29 is 24.5 Å². The van der Waals surface area contributed by atoms with Crippen LogP contribution in [0.15, 0.2) is 23.1 Å². The number of Topliss-reactive ketones (excluding diaryl/α,β-unsaturated/α-hetero) is 1. The quantitative estimate of drug-likeness (QED) is 0.496. The van der Waals surface area contributed by atoms with E-state index in [1.807, 2.05) is 38.3 Å². The Balaban J connectivity index is 2.21. The SMILES string of the molecule is CC(=Cc1csc(C)n1)C1CC=CCCCC(C)C(O)C(C)C(=O)C(C)C(O)CC(=O)O1. The first-order valence-corrected chi connectivity index (χ1v) is 12.3. The van der Waals surface area contributed by atoms with E-state index in [4.69, 9.17) is 4.74 Å². The third-order valence-corrected chi connectivity index (χ3v) is 7.08. The van der Waals surface area contributed by atoms with Crippen LogP contribution in [0.2, 0.25) is 0 Å². The molecule has 1 aliphatic heterocycles. The largest absolute Gasteiger partial charge is 0.457 e. The highest BCUT2D eigenvalue weighted by molar-refractivity contribution is 7.09. The van der Waals surface area contributed by atoms with Gasteiger partial charge in [-0.1, -0.05) is 32.9 Å². The monoisotopic (exact) mass is 463 g/mol. The lowest BCUT2D eigenvalue weighted by atomic mass is 9.81. The Bertz CT molecular complexity index is 830. The summed E-state index contributed by atoms with van der Waals surface area (Å²) in [6.07, 6.45) is 6.41. The van der Waals surface area contributed by atoms with Gasteiger partial charge in [-0.2, -0.15) is 0 Å². The molecule has 32 heavy (non-hydrogen) atoms. The van der Waals surface area contributed by atoms with Crippen LogP contribution in [0.25, 0.3) is 6.08 Å². The number of thiazole rings is 1. The van der Waals surface area contributed by atoms with Gasteiger partial charge in [0.05, 0.1) is 29.3 Å². The number of ketones is 1. The zero-order chi connectivity index (χ0) is 23.8. The van der Waals surface area contributed by atoms with Crippen LogP contribution in [-0.4, -0.2) is 45.3 Å². The van der Waals surface area contributed by atoms with Crippen molar-refractivity contribution in [2.45, 2.75) is 85.0 Å². The number of carbonyl (C=O) groups excluding carboxylic acids is 2. The minimum absolute atomic E-state index is 0.0240. The van der Waals surface area contributed by atoms with Gasteiger partial charge >= 0.3 is 5.97 Å². The molecule has 6 nitrogen and oxygen atoms in total. The van der Waals surface area contributed by atoms with E-state index in [0.29, 0.717) is 6.42 Å². The van der Waals surface area contributed by atoms with E-state index < -0.39 is 36.1 Å². The van der Waals surface area contributed by atoms with Crippen LogP contribution in [0.5, 0.6) is 0 Å². The summed E-state index contributed by atoms with van der Waals surface area (Å²) in [5.41, 5.74) is 1.70. The highest BCUT2D eigenvalue weighted by Gasteiger charge is 2.34. The number of esters is 1. The molecule has 2 heterocycles. The van der Waals surface area contributed by atoms with E-state index in [1.165, 1.54) is 0 Å². The van der Waals surface area contributed by atoms with Crippen molar-refractivity contribution in [3.8, 4) is 0 Å². The molecule has 0 fully saturated rings. The van der Waals surface area contributed by atoms with E-state index in [1.54, 1.807) is 25.2 Å². The second-order valence-corrected chi connectivity index (χ2v) is 10.1. The van der Waals surface area contributed by atoms with E-state index in [2.05, 4.69) is 11.1 Å². The Morgan fingerprint density at radius 1 is 1.19 bits per heavy atom. The van der Waals surface area contributed by atoms with Crippen molar-refractivity contribution in [2.75, 3.05) is 0 Å². The molecule has 2 N–H and O–H groups in total. The van der Waals surface area contributed by atoms with Crippen LogP contribution < -0.4 is 0 Å². The van der Waals surface area contributed by atoms with Gasteiger partial charge in [0.15, 0.2) is 0 Å². The number of aliphatic hydroxyl groups is 2. The minimum Gasteiger partial charge on any atom is -0.457 e. The summed E-state index contributed by atoms with van der Waals surface area (Å²) in [6, 6.07) is 0. The van der Waals surface area contributed by atoms with Gasteiger partial charge in [-0.05, 0) is 50.7 Å². The van der Waals surface area contributed by atoms with Crippen LogP contribution in [0.4, 0.5) is 0 Å². The summed E-state index contributed by atoms with van der Waals surface area (Å²) in [7, 11) is 0. The molecule has 0 amide bonds. The fourth-order valence-electron chi connectivity index (χ4n) is 3.99. The summed E-state index contributed by atoms with van der Waals surface area (Å²) >= 11 is 1.56. The van der Waals surface area contributed by atoms with Gasteiger partial charge in [0, 0.05) is 23.6 Å². The number of ether oxygens (including phenoxy) is 1. The number of cyclic esters (lactones) is 1. The van der Waals surface area contributed by atoms with Gasteiger partial charge in [-0.25, -0.2) is 4.98 Å². The Morgan fingerprint density at radius 3 is 2.56 bits per heavy atom. The number of aliphatic hydroxyl groups excluding tert-OH is 2. The molecule has 0 aliphatic carbocycles. The maximum Gasteiger partial charge on any atom is 0.309 e. The Morgan fingerprint density at radius 2 is 1.91 bits per heavy atom. The highest BCUT2D eigenvalue weighted by Crippen LogP contribution is 2.25. The molecule has 0 spiro atoms. The number of aryl methyl sites for hydroxylation is 1. The number of hydrogen-bond acceptors (Lipinski definition) is 7. The van der Waals surface area contributed by atoms with E-state index in [0.717, 1.165) is 35.5 Å². The fourth-order valence-corrected chi connectivity index (χ4v) is 4.56. The third kappa shape index (κ3) is 7.64. The predicted molar refractivity (Wildman–Crippen MR) is 127 cm³/mol. The molecule has 1 aromatic heterocycles. The van der Waals surface area contributed by atoms with Crippen molar-refractivity contribution in [2.24, 2.45) is 17.8 Å². The first kappa shape index (κ1) is 26.4. The van der Waals surface area contributed by atoms with Crippen LogP contribution in [-0.2, 0) is 14.3 Å². The fraction of sp³-hybridized carbons (Fsp3) is 0.640. The zero-order valence-corrected chi connectivity index (χ0v) is 20.6. The van der Waals surface area contributed by atoms with Crippen molar-refractivity contribution in [3.63, 3.8) is 0 Å².